The summed E-state index contributed by atoms with van der Waals surface area (Å²) in [6.45, 7) is 2.70. The topological polar surface area (TPSA) is 29.9 Å². The summed E-state index contributed by atoms with van der Waals surface area (Å²) in [7, 11) is 0. The van der Waals surface area contributed by atoms with E-state index in [9.17, 15) is 4.39 Å². The van der Waals surface area contributed by atoms with Crippen LogP contribution in [0, 0.1) is 12.7 Å². The van der Waals surface area contributed by atoms with E-state index in [2.05, 4.69) is 10.4 Å². The monoisotopic (exact) mass is 245 g/mol. The largest absolute Gasteiger partial charge is 0.308 e. The normalized spacial score (nSPS) is 15.0. The highest BCUT2D eigenvalue weighted by Crippen LogP contribution is 2.19. The molecule has 3 rings (SSSR count). The first-order valence-corrected chi connectivity index (χ1v) is 6.27. The van der Waals surface area contributed by atoms with E-state index in [1.165, 1.54) is 18.9 Å². The molecule has 0 spiro atoms. The molecule has 4 heteroatoms. The quantitative estimate of drug-likeness (QED) is 0.897. The first-order chi connectivity index (χ1) is 8.72. The minimum absolute atomic E-state index is 0.245. The van der Waals surface area contributed by atoms with Gasteiger partial charge in [0.1, 0.15) is 11.5 Å². The molecule has 1 aliphatic rings. The Kier molecular flexibility index (Phi) is 2.88. The summed E-state index contributed by atoms with van der Waals surface area (Å²) < 4.78 is 15.3. The fraction of sp³-hybridized carbons (Fsp3) is 0.357. The van der Waals surface area contributed by atoms with Gasteiger partial charge in [-0.05, 0) is 43.5 Å². The van der Waals surface area contributed by atoms with Gasteiger partial charge < -0.3 is 5.32 Å². The molecule has 0 saturated heterocycles. The van der Waals surface area contributed by atoms with Crippen LogP contribution in [0.2, 0.25) is 0 Å². The number of nitrogens with one attached hydrogen (secondary N) is 1. The number of hydrogen-bond donors (Lipinski definition) is 1. The van der Waals surface area contributed by atoms with Gasteiger partial charge in [0, 0.05) is 18.8 Å². The van der Waals surface area contributed by atoms with Crippen molar-refractivity contribution < 1.29 is 4.39 Å². The van der Waals surface area contributed by atoms with Gasteiger partial charge in [-0.1, -0.05) is 6.07 Å². The van der Waals surface area contributed by atoms with Crippen LogP contribution >= 0.6 is 0 Å². The number of aryl methyl sites for hydroxylation is 1. The highest BCUT2D eigenvalue weighted by atomic mass is 19.1. The van der Waals surface area contributed by atoms with E-state index in [4.69, 9.17) is 0 Å². The van der Waals surface area contributed by atoms with Crippen molar-refractivity contribution in [3.63, 3.8) is 0 Å². The van der Waals surface area contributed by atoms with Gasteiger partial charge in [0.2, 0.25) is 0 Å². The van der Waals surface area contributed by atoms with E-state index in [1.807, 2.05) is 19.2 Å². The van der Waals surface area contributed by atoms with Gasteiger partial charge >= 0.3 is 0 Å². The molecule has 1 aliphatic carbocycles. The molecule has 0 atom stereocenters. The third-order valence-corrected chi connectivity index (χ3v) is 3.14. The van der Waals surface area contributed by atoms with Gasteiger partial charge in [-0.2, -0.15) is 5.10 Å². The summed E-state index contributed by atoms with van der Waals surface area (Å²) in [5.74, 6) is -0.245. The minimum Gasteiger partial charge on any atom is -0.308 e. The summed E-state index contributed by atoms with van der Waals surface area (Å²) in [4.78, 5) is 0. The van der Waals surface area contributed by atoms with Crippen molar-refractivity contribution in [2.24, 2.45) is 0 Å². The summed E-state index contributed by atoms with van der Waals surface area (Å²) in [5.41, 5.74) is 2.48. The van der Waals surface area contributed by atoms with Crippen molar-refractivity contribution in [1.82, 2.24) is 15.1 Å². The fourth-order valence-electron chi connectivity index (χ4n) is 1.92. The Balaban J connectivity index is 1.80. The van der Waals surface area contributed by atoms with Crippen molar-refractivity contribution in [1.29, 1.82) is 0 Å². The molecular formula is C14H16FN3. The molecular weight excluding hydrogens is 229 g/mol. The average Bonchev–Trinajstić information content (AvgIpc) is 3.08. The Labute approximate surface area is 106 Å². The first kappa shape index (κ1) is 11.4. The van der Waals surface area contributed by atoms with Gasteiger partial charge in [-0.15, -0.1) is 0 Å². The number of benzene rings is 1. The zero-order chi connectivity index (χ0) is 12.5. The van der Waals surface area contributed by atoms with E-state index in [1.54, 1.807) is 16.8 Å². The van der Waals surface area contributed by atoms with E-state index in [0.29, 0.717) is 11.7 Å². The maximum Gasteiger partial charge on any atom is 0.148 e. The number of hydrogen-bond acceptors (Lipinski definition) is 2. The molecule has 18 heavy (non-hydrogen) atoms. The van der Waals surface area contributed by atoms with Crippen molar-refractivity contribution in [3.8, 4) is 5.69 Å². The maximum atomic E-state index is 13.7. The summed E-state index contributed by atoms with van der Waals surface area (Å²) >= 11 is 0. The lowest BCUT2D eigenvalue weighted by Crippen LogP contribution is -2.15. The van der Waals surface area contributed by atoms with Gasteiger partial charge in [0.25, 0.3) is 0 Å². The molecule has 1 saturated carbocycles. The summed E-state index contributed by atoms with van der Waals surface area (Å²) in [5, 5.41) is 7.79. The highest BCUT2D eigenvalue weighted by Gasteiger charge is 2.20. The fourth-order valence-corrected chi connectivity index (χ4v) is 1.92. The van der Waals surface area contributed by atoms with Crippen LogP contribution in [0.3, 0.4) is 0 Å². The maximum absolute atomic E-state index is 13.7. The smallest absolute Gasteiger partial charge is 0.148 e. The first-order valence-electron chi connectivity index (χ1n) is 6.27. The minimum atomic E-state index is -0.245. The molecule has 0 aliphatic heterocycles. The number of aromatic nitrogens is 2. The van der Waals surface area contributed by atoms with Gasteiger partial charge in [0.05, 0.1) is 5.69 Å². The zero-order valence-corrected chi connectivity index (χ0v) is 10.4. The lowest BCUT2D eigenvalue weighted by atomic mass is 10.2. The third-order valence-electron chi connectivity index (χ3n) is 3.14. The van der Waals surface area contributed by atoms with Crippen LogP contribution in [0.1, 0.15) is 24.1 Å². The Morgan fingerprint density at radius 2 is 2.22 bits per heavy atom. The van der Waals surface area contributed by atoms with Gasteiger partial charge in [-0.3, -0.25) is 0 Å². The molecule has 0 radical (unpaired) electrons. The van der Waals surface area contributed by atoms with E-state index >= 15 is 0 Å². The molecule has 2 aromatic rings. The number of rotatable bonds is 4. The molecule has 0 unspecified atom stereocenters. The average molecular weight is 245 g/mol. The molecule has 0 amide bonds. The van der Waals surface area contributed by atoms with Crippen molar-refractivity contribution in [2.75, 3.05) is 0 Å². The van der Waals surface area contributed by atoms with Crippen molar-refractivity contribution in [3.05, 3.63) is 47.5 Å². The molecule has 3 nitrogen and oxygen atoms in total. The lowest BCUT2D eigenvalue weighted by Gasteiger charge is -2.04. The Bertz CT molecular complexity index is 558. The SMILES string of the molecule is Cc1ccc(F)c(-n2ccc(CNC3CC3)n2)c1. The third kappa shape index (κ3) is 2.43. The predicted molar refractivity (Wildman–Crippen MR) is 68.1 cm³/mol. The second kappa shape index (κ2) is 4.53. The van der Waals surface area contributed by atoms with E-state index in [-0.39, 0.29) is 5.82 Å². The van der Waals surface area contributed by atoms with Crippen LogP contribution in [0.15, 0.2) is 30.5 Å². The second-order valence-electron chi connectivity index (χ2n) is 4.86. The molecule has 1 fully saturated rings. The van der Waals surface area contributed by atoms with Crippen LogP contribution < -0.4 is 5.32 Å². The molecule has 0 bridgehead atoms. The molecule has 1 heterocycles. The van der Waals surface area contributed by atoms with E-state index in [0.717, 1.165) is 17.8 Å². The van der Waals surface area contributed by atoms with Gasteiger partial charge in [-0.25, -0.2) is 9.07 Å². The van der Waals surface area contributed by atoms with Crippen LogP contribution in [0.25, 0.3) is 5.69 Å². The lowest BCUT2D eigenvalue weighted by molar-refractivity contribution is 0.606. The Hall–Kier alpha value is -1.68. The number of nitrogens with zero attached hydrogens (tertiary/aromatic N) is 2. The zero-order valence-electron chi connectivity index (χ0n) is 10.4. The van der Waals surface area contributed by atoms with Crippen LogP contribution in [0.5, 0.6) is 0 Å². The van der Waals surface area contributed by atoms with Gasteiger partial charge in [0.15, 0.2) is 0 Å². The van der Waals surface area contributed by atoms with Crippen molar-refractivity contribution >= 4 is 0 Å². The molecule has 1 N–H and O–H groups in total. The molecule has 1 aromatic heterocycles. The summed E-state index contributed by atoms with van der Waals surface area (Å²) in [6.07, 6.45) is 4.32. The van der Waals surface area contributed by atoms with E-state index < -0.39 is 0 Å². The van der Waals surface area contributed by atoms with Crippen molar-refractivity contribution in [2.45, 2.75) is 32.4 Å². The molecule has 94 valence electrons. The highest BCUT2D eigenvalue weighted by molar-refractivity contribution is 5.36. The summed E-state index contributed by atoms with van der Waals surface area (Å²) in [6, 6.07) is 7.63. The van der Waals surface area contributed by atoms with Crippen LogP contribution in [0.4, 0.5) is 4.39 Å². The molecule has 1 aromatic carbocycles. The Morgan fingerprint density at radius 3 is 3.00 bits per heavy atom. The van der Waals surface area contributed by atoms with Crippen LogP contribution in [-0.2, 0) is 6.54 Å². The number of halogens is 1. The predicted octanol–water partition coefficient (Wildman–Crippen LogP) is 2.57. The standard InChI is InChI=1S/C14H16FN3/c1-10-2-5-13(15)14(8-10)18-7-6-12(17-18)9-16-11-3-4-11/h2,5-8,11,16H,3-4,9H2,1H3. The Morgan fingerprint density at radius 1 is 1.39 bits per heavy atom. The second-order valence-corrected chi connectivity index (χ2v) is 4.86. The van der Waals surface area contributed by atoms with Crippen LogP contribution in [-0.4, -0.2) is 15.8 Å².